The number of ketones is 1. The molecule has 3 unspecified atom stereocenters. The largest absolute Gasteiger partial charge is 0.497 e. The van der Waals surface area contributed by atoms with Gasteiger partial charge in [-0.15, -0.1) is 0 Å². The van der Waals surface area contributed by atoms with Crippen molar-refractivity contribution in [2.45, 2.75) is 56.5 Å². The van der Waals surface area contributed by atoms with Gasteiger partial charge in [0.05, 0.1) is 14.2 Å². The minimum absolute atomic E-state index is 0.0394. The summed E-state index contributed by atoms with van der Waals surface area (Å²) in [6.45, 7) is 0. The Labute approximate surface area is 183 Å². The van der Waals surface area contributed by atoms with Gasteiger partial charge in [0.15, 0.2) is 0 Å². The summed E-state index contributed by atoms with van der Waals surface area (Å²) in [6.07, 6.45) is 5.38. The van der Waals surface area contributed by atoms with Gasteiger partial charge in [-0.2, -0.15) is 0 Å². The van der Waals surface area contributed by atoms with Gasteiger partial charge in [0.25, 0.3) is 0 Å². The minimum atomic E-state index is -0.776. The first-order chi connectivity index (χ1) is 15.1. The van der Waals surface area contributed by atoms with E-state index in [1.807, 2.05) is 48.5 Å². The predicted octanol–water partition coefficient (Wildman–Crippen LogP) is 5.04. The van der Waals surface area contributed by atoms with Crippen molar-refractivity contribution in [3.05, 3.63) is 59.7 Å². The second-order valence-electron chi connectivity index (χ2n) is 8.52. The number of carbonyl (C=O) groups is 2. The number of rotatable bonds is 6. The van der Waals surface area contributed by atoms with E-state index in [4.69, 9.17) is 14.2 Å². The highest BCUT2D eigenvalue weighted by Crippen LogP contribution is 2.49. The molecule has 0 spiro atoms. The van der Waals surface area contributed by atoms with Crippen LogP contribution < -0.4 is 9.47 Å². The van der Waals surface area contributed by atoms with Crippen molar-refractivity contribution in [1.29, 1.82) is 0 Å². The molecular weight excluding hydrogens is 392 g/mol. The molecule has 0 amide bonds. The van der Waals surface area contributed by atoms with Crippen LogP contribution in [0.3, 0.4) is 0 Å². The van der Waals surface area contributed by atoms with Crippen molar-refractivity contribution < 1.29 is 23.8 Å². The molecule has 2 aromatic carbocycles. The van der Waals surface area contributed by atoms with Crippen LogP contribution in [-0.2, 0) is 14.3 Å². The maximum atomic E-state index is 13.2. The summed E-state index contributed by atoms with van der Waals surface area (Å²) >= 11 is 0. The molecule has 2 aliphatic rings. The van der Waals surface area contributed by atoms with E-state index in [0.717, 1.165) is 48.3 Å². The first-order valence-corrected chi connectivity index (χ1v) is 11.1. The average Bonchev–Trinajstić information content (AvgIpc) is 3.17. The van der Waals surface area contributed by atoms with Crippen LogP contribution in [0.1, 0.15) is 61.5 Å². The highest BCUT2D eigenvalue weighted by Gasteiger charge is 2.49. The minimum Gasteiger partial charge on any atom is -0.497 e. The van der Waals surface area contributed by atoms with Crippen LogP contribution >= 0.6 is 0 Å². The number of hydrogen-bond acceptors (Lipinski definition) is 5. The smallest absolute Gasteiger partial charge is 0.317 e. The quantitative estimate of drug-likeness (QED) is 0.482. The Bertz CT molecular complexity index is 896. The zero-order valence-corrected chi connectivity index (χ0v) is 18.2. The van der Waals surface area contributed by atoms with Crippen LogP contribution in [0.25, 0.3) is 0 Å². The molecule has 0 aliphatic heterocycles. The molecule has 31 heavy (non-hydrogen) atoms. The molecule has 3 atom stereocenters. The van der Waals surface area contributed by atoms with Crippen LogP contribution in [-0.4, -0.2) is 32.1 Å². The molecule has 2 fully saturated rings. The molecule has 0 aromatic heterocycles. The maximum Gasteiger partial charge on any atom is 0.317 e. The van der Waals surface area contributed by atoms with Gasteiger partial charge in [-0.1, -0.05) is 30.7 Å². The summed E-state index contributed by atoms with van der Waals surface area (Å²) in [7, 11) is 3.25. The molecule has 0 bridgehead atoms. The van der Waals surface area contributed by atoms with Gasteiger partial charge < -0.3 is 14.2 Å². The number of Topliss-reactive ketones (excluding diaryl/α,β-unsaturated/α-hetero) is 1. The molecule has 5 nitrogen and oxygen atoms in total. The lowest BCUT2D eigenvalue weighted by Gasteiger charge is -2.27. The molecule has 0 radical (unpaired) electrons. The summed E-state index contributed by atoms with van der Waals surface area (Å²) in [5.74, 6) is -0.0186. The van der Waals surface area contributed by atoms with Crippen molar-refractivity contribution >= 4 is 11.8 Å². The number of methoxy groups -OCH3 is 2. The molecule has 4 rings (SSSR count). The van der Waals surface area contributed by atoms with Crippen molar-refractivity contribution in [2.75, 3.05) is 14.2 Å². The number of hydrogen-bond donors (Lipinski definition) is 0. The van der Waals surface area contributed by atoms with E-state index in [1.54, 1.807) is 14.2 Å². The predicted molar refractivity (Wildman–Crippen MR) is 118 cm³/mol. The summed E-state index contributed by atoms with van der Waals surface area (Å²) in [5.41, 5.74) is 1.99. The molecule has 2 aromatic rings. The van der Waals surface area contributed by atoms with E-state index in [-0.39, 0.29) is 29.7 Å². The normalized spacial score (nSPS) is 24.1. The van der Waals surface area contributed by atoms with Crippen LogP contribution in [0, 0.1) is 5.92 Å². The molecule has 0 heterocycles. The van der Waals surface area contributed by atoms with E-state index >= 15 is 0 Å². The Morgan fingerprint density at radius 3 is 1.90 bits per heavy atom. The van der Waals surface area contributed by atoms with E-state index in [0.29, 0.717) is 6.42 Å². The maximum absolute atomic E-state index is 13.2. The molecule has 2 saturated carbocycles. The Hall–Kier alpha value is -2.82. The number of ether oxygens (including phenoxy) is 3. The Kier molecular flexibility index (Phi) is 6.59. The molecule has 0 N–H and O–H groups in total. The summed E-state index contributed by atoms with van der Waals surface area (Å²) in [4.78, 5) is 26.3. The average molecular weight is 423 g/mol. The van der Waals surface area contributed by atoms with Crippen LogP contribution in [0.15, 0.2) is 48.5 Å². The molecule has 0 saturated heterocycles. The van der Waals surface area contributed by atoms with Crippen LogP contribution in [0.5, 0.6) is 11.5 Å². The van der Waals surface area contributed by atoms with E-state index < -0.39 is 5.92 Å². The van der Waals surface area contributed by atoms with Crippen LogP contribution in [0.2, 0.25) is 0 Å². The second kappa shape index (κ2) is 9.54. The SMILES string of the molecule is COc1ccc(C2CC(=O)C(C(=O)OC3CCCCC3)C2c2ccc(OC)cc2)cc1. The van der Waals surface area contributed by atoms with Gasteiger partial charge >= 0.3 is 5.97 Å². The summed E-state index contributed by atoms with van der Waals surface area (Å²) < 4.78 is 16.4. The van der Waals surface area contributed by atoms with E-state index in [9.17, 15) is 9.59 Å². The van der Waals surface area contributed by atoms with Gasteiger partial charge in [0.2, 0.25) is 0 Å². The van der Waals surface area contributed by atoms with Gasteiger partial charge in [0, 0.05) is 12.3 Å². The van der Waals surface area contributed by atoms with Crippen LogP contribution in [0.4, 0.5) is 0 Å². The lowest BCUT2D eigenvalue weighted by atomic mass is 9.79. The number of esters is 1. The van der Waals surface area contributed by atoms with Gasteiger partial charge in [-0.25, -0.2) is 0 Å². The number of carbonyl (C=O) groups excluding carboxylic acids is 2. The lowest BCUT2D eigenvalue weighted by Crippen LogP contribution is -2.31. The molecule has 164 valence electrons. The van der Waals surface area contributed by atoms with Crippen molar-refractivity contribution in [1.82, 2.24) is 0 Å². The van der Waals surface area contributed by atoms with Crippen molar-refractivity contribution in [2.24, 2.45) is 5.92 Å². The molecular formula is C26H30O5. The van der Waals surface area contributed by atoms with Gasteiger partial charge in [0.1, 0.15) is 29.3 Å². The van der Waals surface area contributed by atoms with Gasteiger partial charge in [-0.05, 0) is 67.0 Å². The second-order valence-corrected chi connectivity index (χ2v) is 8.52. The van der Waals surface area contributed by atoms with Crippen molar-refractivity contribution in [3.63, 3.8) is 0 Å². The fourth-order valence-corrected chi connectivity index (χ4v) is 5.03. The Balaban J connectivity index is 1.65. The fraction of sp³-hybridized carbons (Fsp3) is 0.462. The van der Waals surface area contributed by atoms with Crippen molar-refractivity contribution in [3.8, 4) is 11.5 Å². The highest BCUT2D eigenvalue weighted by atomic mass is 16.5. The Morgan fingerprint density at radius 2 is 1.35 bits per heavy atom. The molecule has 5 heteroatoms. The first kappa shape index (κ1) is 21.4. The van der Waals surface area contributed by atoms with E-state index in [1.165, 1.54) is 6.42 Å². The first-order valence-electron chi connectivity index (χ1n) is 11.1. The molecule has 2 aliphatic carbocycles. The third-order valence-corrected chi connectivity index (χ3v) is 6.69. The highest BCUT2D eigenvalue weighted by molar-refractivity contribution is 6.02. The third kappa shape index (κ3) is 4.60. The zero-order valence-electron chi connectivity index (χ0n) is 18.2. The fourth-order valence-electron chi connectivity index (χ4n) is 5.03. The van der Waals surface area contributed by atoms with E-state index in [2.05, 4.69) is 0 Å². The zero-order chi connectivity index (χ0) is 21.8. The lowest BCUT2D eigenvalue weighted by molar-refractivity contribution is -0.157. The topological polar surface area (TPSA) is 61.8 Å². The Morgan fingerprint density at radius 1 is 0.806 bits per heavy atom. The summed E-state index contributed by atoms with van der Waals surface area (Å²) in [6, 6.07) is 15.5. The van der Waals surface area contributed by atoms with Gasteiger partial charge in [-0.3, -0.25) is 9.59 Å². The summed E-state index contributed by atoms with van der Waals surface area (Å²) in [5, 5.41) is 0. The monoisotopic (exact) mass is 422 g/mol. The third-order valence-electron chi connectivity index (χ3n) is 6.69. The number of benzene rings is 2. The standard InChI is InChI=1S/C26H30O5/c1-29-19-12-8-17(9-13-19)22-16-23(27)25(26(28)31-21-6-4-3-5-7-21)24(22)18-10-14-20(30-2)15-11-18/h8-15,21-22,24-25H,3-7,16H2,1-2H3.